The SMILES string of the molecule is CNCCc1cn(-c2ccccc2C)nn1. The van der Waals surface area contributed by atoms with Crippen LogP contribution in [-0.2, 0) is 6.42 Å². The summed E-state index contributed by atoms with van der Waals surface area (Å²) in [5.41, 5.74) is 3.30. The van der Waals surface area contributed by atoms with Crippen molar-refractivity contribution >= 4 is 0 Å². The first-order valence-electron chi connectivity index (χ1n) is 5.43. The Hall–Kier alpha value is -1.68. The van der Waals surface area contributed by atoms with Crippen molar-refractivity contribution in [1.29, 1.82) is 0 Å². The predicted octanol–water partition coefficient (Wildman–Crippen LogP) is 1.34. The van der Waals surface area contributed by atoms with Crippen LogP contribution >= 0.6 is 0 Å². The number of aromatic nitrogens is 3. The lowest BCUT2D eigenvalue weighted by molar-refractivity contribution is 0.762. The maximum absolute atomic E-state index is 4.14. The summed E-state index contributed by atoms with van der Waals surface area (Å²) in [6, 6.07) is 8.16. The normalized spacial score (nSPS) is 10.6. The summed E-state index contributed by atoms with van der Waals surface area (Å²) in [6.45, 7) is 3.00. The fourth-order valence-corrected chi connectivity index (χ4v) is 1.60. The van der Waals surface area contributed by atoms with Crippen molar-refractivity contribution in [3.8, 4) is 5.69 Å². The Bertz CT molecular complexity index is 462. The molecule has 0 spiro atoms. The second-order valence-electron chi connectivity index (χ2n) is 3.79. The van der Waals surface area contributed by atoms with E-state index in [1.54, 1.807) is 0 Å². The predicted molar refractivity (Wildman–Crippen MR) is 63.7 cm³/mol. The molecule has 2 rings (SSSR count). The Morgan fingerprint density at radius 1 is 1.31 bits per heavy atom. The van der Waals surface area contributed by atoms with E-state index in [4.69, 9.17) is 0 Å². The average Bonchev–Trinajstić information content (AvgIpc) is 2.75. The Morgan fingerprint density at radius 3 is 2.88 bits per heavy atom. The molecule has 0 saturated heterocycles. The average molecular weight is 216 g/mol. The molecule has 84 valence electrons. The molecule has 4 heteroatoms. The lowest BCUT2D eigenvalue weighted by Crippen LogP contribution is -2.10. The summed E-state index contributed by atoms with van der Waals surface area (Å²) >= 11 is 0. The topological polar surface area (TPSA) is 42.7 Å². The van der Waals surface area contributed by atoms with E-state index in [1.807, 2.05) is 36.1 Å². The van der Waals surface area contributed by atoms with Crippen molar-refractivity contribution in [2.75, 3.05) is 13.6 Å². The molecule has 1 aromatic carbocycles. The first-order chi connectivity index (χ1) is 7.81. The van der Waals surface area contributed by atoms with Gasteiger partial charge in [0.2, 0.25) is 0 Å². The van der Waals surface area contributed by atoms with Gasteiger partial charge in [0, 0.05) is 13.0 Å². The molecular weight excluding hydrogens is 200 g/mol. The summed E-state index contributed by atoms with van der Waals surface area (Å²) in [5, 5.41) is 11.4. The van der Waals surface area contributed by atoms with Gasteiger partial charge in [-0.2, -0.15) is 0 Å². The Labute approximate surface area is 95.3 Å². The molecule has 0 amide bonds. The summed E-state index contributed by atoms with van der Waals surface area (Å²) < 4.78 is 1.83. The quantitative estimate of drug-likeness (QED) is 0.838. The summed E-state index contributed by atoms with van der Waals surface area (Å²) in [7, 11) is 1.94. The van der Waals surface area contributed by atoms with E-state index in [0.29, 0.717) is 0 Å². The van der Waals surface area contributed by atoms with E-state index in [0.717, 1.165) is 24.3 Å². The smallest absolute Gasteiger partial charge is 0.0844 e. The van der Waals surface area contributed by atoms with Gasteiger partial charge < -0.3 is 5.32 Å². The number of aryl methyl sites for hydroxylation is 1. The third-order valence-corrected chi connectivity index (χ3v) is 2.53. The third-order valence-electron chi connectivity index (χ3n) is 2.53. The summed E-state index contributed by atoms with van der Waals surface area (Å²) in [6.07, 6.45) is 2.89. The molecule has 0 aliphatic rings. The van der Waals surface area contributed by atoms with Gasteiger partial charge in [0.25, 0.3) is 0 Å². The van der Waals surface area contributed by atoms with Crippen LogP contribution in [-0.4, -0.2) is 28.6 Å². The summed E-state index contributed by atoms with van der Waals surface area (Å²) in [4.78, 5) is 0. The highest BCUT2D eigenvalue weighted by Crippen LogP contribution is 2.11. The Balaban J connectivity index is 2.22. The molecule has 0 saturated carbocycles. The Morgan fingerprint density at radius 2 is 2.12 bits per heavy atom. The van der Waals surface area contributed by atoms with Gasteiger partial charge in [0.1, 0.15) is 0 Å². The number of benzene rings is 1. The van der Waals surface area contributed by atoms with E-state index in [-0.39, 0.29) is 0 Å². The number of likely N-dealkylation sites (N-methyl/N-ethyl adjacent to an activating group) is 1. The lowest BCUT2D eigenvalue weighted by Gasteiger charge is -2.02. The van der Waals surface area contributed by atoms with Crippen molar-refractivity contribution in [1.82, 2.24) is 20.3 Å². The van der Waals surface area contributed by atoms with Gasteiger partial charge in [0.05, 0.1) is 17.6 Å². The van der Waals surface area contributed by atoms with Crippen LogP contribution in [0.2, 0.25) is 0 Å². The molecule has 0 radical (unpaired) electrons. The molecule has 0 bridgehead atoms. The van der Waals surface area contributed by atoms with Crippen LogP contribution < -0.4 is 5.32 Å². The minimum Gasteiger partial charge on any atom is -0.319 e. The van der Waals surface area contributed by atoms with Crippen molar-refractivity contribution in [2.45, 2.75) is 13.3 Å². The molecule has 0 atom stereocenters. The molecule has 0 unspecified atom stereocenters. The molecule has 4 nitrogen and oxygen atoms in total. The third kappa shape index (κ3) is 2.28. The fourth-order valence-electron chi connectivity index (χ4n) is 1.60. The first-order valence-corrected chi connectivity index (χ1v) is 5.43. The van der Waals surface area contributed by atoms with Gasteiger partial charge in [-0.25, -0.2) is 4.68 Å². The molecule has 1 N–H and O–H groups in total. The van der Waals surface area contributed by atoms with Gasteiger partial charge in [-0.05, 0) is 25.6 Å². The van der Waals surface area contributed by atoms with Crippen molar-refractivity contribution in [3.05, 3.63) is 41.7 Å². The number of rotatable bonds is 4. The van der Waals surface area contributed by atoms with Gasteiger partial charge in [-0.1, -0.05) is 23.4 Å². The van der Waals surface area contributed by atoms with Crippen LogP contribution in [0.5, 0.6) is 0 Å². The van der Waals surface area contributed by atoms with E-state index in [9.17, 15) is 0 Å². The number of hydrogen-bond donors (Lipinski definition) is 1. The number of para-hydroxylation sites is 1. The highest BCUT2D eigenvalue weighted by molar-refractivity contribution is 5.38. The fraction of sp³-hybridized carbons (Fsp3) is 0.333. The van der Waals surface area contributed by atoms with Gasteiger partial charge >= 0.3 is 0 Å². The van der Waals surface area contributed by atoms with Crippen LogP contribution in [0.4, 0.5) is 0 Å². The molecule has 0 fully saturated rings. The molecule has 1 aromatic heterocycles. The highest BCUT2D eigenvalue weighted by atomic mass is 15.4. The molecule has 0 aliphatic carbocycles. The molecular formula is C12H16N4. The van der Waals surface area contributed by atoms with E-state index in [2.05, 4.69) is 28.6 Å². The maximum atomic E-state index is 4.14. The van der Waals surface area contributed by atoms with E-state index in [1.165, 1.54) is 5.56 Å². The molecule has 1 heterocycles. The number of nitrogens with zero attached hydrogens (tertiary/aromatic N) is 3. The second-order valence-corrected chi connectivity index (χ2v) is 3.79. The standard InChI is InChI=1S/C12H16N4/c1-10-5-3-4-6-12(10)16-9-11(14-15-16)7-8-13-2/h3-6,9,13H,7-8H2,1-2H3. The van der Waals surface area contributed by atoms with Crippen molar-refractivity contribution in [2.24, 2.45) is 0 Å². The van der Waals surface area contributed by atoms with Gasteiger partial charge in [-0.3, -0.25) is 0 Å². The van der Waals surface area contributed by atoms with E-state index < -0.39 is 0 Å². The highest BCUT2D eigenvalue weighted by Gasteiger charge is 2.03. The van der Waals surface area contributed by atoms with Crippen LogP contribution in [0.15, 0.2) is 30.5 Å². The monoisotopic (exact) mass is 216 g/mol. The van der Waals surface area contributed by atoms with Crippen LogP contribution in [0, 0.1) is 6.92 Å². The molecule has 2 aromatic rings. The summed E-state index contributed by atoms with van der Waals surface area (Å²) in [5.74, 6) is 0. The zero-order valence-electron chi connectivity index (χ0n) is 9.64. The van der Waals surface area contributed by atoms with Gasteiger partial charge in [-0.15, -0.1) is 5.10 Å². The van der Waals surface area contributed by atoms with Crippen LogP contribution in [0.25, 0.3) is 5.69 Å². The van der Waals surface area contributed by atoms with Crippen LogP contribution in [0.1, 0.15) is 11.3 Å². The maximum Gasteiger partial charge on any atom is 0.0844 e. The van der Waals surface area contributed by atoms with Gasteiger partial charge in [0.15, 0.2) is 0 Å². The number of hydrogen-bond acceptors (Lipinski definition) is 3. The molecule has 16 heavy (non-hydrogen) atoms. The first kappa shape index (κ1) is 10.8. The minimum absolute atomic E-state index is 0.905. The minimum atomic E-state index is 0.905. The van der Waals surface area contributed by atoms with E-state index >= 15 is 0 Å². The lowest BCUT2D eigenvalue weighted by atomic mass is 10.2. The zero-order chi connectivity index (χ0) is 11.4. The van der Waals surface area contributed by atoms with Crippen molar-refractivity contribution in [3.63, 3.8) is 0 Å². The van der Waals surface area contributed by atoms with Crippen molar-refractivity contribution < 1.29 is 0 Å². The second kappa shape index (κ2) is 4.90. The van der Waals surface area contributed by atoms with Crippen LogP contribution in [0.3, 0.4) is 0 Å². The Kier molecular flexibility index (Phi) is 3.31. The molecule has 0 aliphatic heterocycles. The number of nitrogens with one attached hydrogen (secondary N) is 1. The largest absolute Gasteiger partial charge is 0.319 e. The zero-order valence-corrected chi connectivity index (χ0v) is 9.64.